The zero-order valence-electron chi connectivity index (χ0n) is 12.2. The van der Waals surface area contributed by atoms with Crippen LogP contribution in [0.1, 0.15) is 26.2 Å². The minimum atomic E-state index is -0.376. The van der Waals surface area contributed by atoms with Gasteiger partial charge in [0.1, 0.15) is 5.82 Å². The second-order valence-corrected chi connectivity index (χ2v) is 5.71. The molecule has 1 saturated carbocycles. The highest BCUT2D eigenvalue weighted by molar-refractivity contribution is 5.60. The summed E-state index contributed by atoms with van der Waals surface area (Å²) in [4.78, 5) is 17.6. The van der Waals surface area contributed by atoms with Crippen molar-refractivity contribution in [3.8, 4) is 0 Å². The van der Waals surface area contributed by atoms with Crippen molar-refractivity contribution in [2.45, 2.75) is 38.3 Å². The molecule has 1 unspecified atom stereocenters. The van der Waals surface area contributed by atoms with Gasteiger partial charge in [0, 0.05) is 37.8 Å². The standard InChI is InChI=1S/C14H21N5O2/c1-2-15-13-6-5-12(19(20)21)14(17-13)16-10-7-8-18(9-10)11-3-4-11/h5-6,10-11H,2-4,7-9H2,1H3,(H2,15,16,17). The van der Waals surface area contributed by atoms with Crippen molar-refractivity contribution in [3.63, 3.8) is 0 Å². The summed E-state index contributed by atoms with van der Waals surface area (Å²) in [7, 11) is 0. The van der Waals surface area contributed by atoms with Crippen molar-refractivity contribution >= 4 is 17.3 Å². The summed E-state index contributed by atoms with van der Waals surface area (Å²) in [5.41, 5.74) is 0.0431. The van der Waals surface area contributed by atoms with E-state index in [1.54, 1.807) is 6.07 Å². The van der Waals surface area contributed by atoms with Gasteiger partial charge in [0.05, 0.1) is 4.92 Å². The van der Waals surface area contributed by atoms with Crippen LogP contribution in [0, 0.1) is 10.1 Å². The third-order valence-corrected chi connectivity index (χ3v) is 4.05. The second kappa shape index (κ2) is 5.85. The molecule has 1 aliphatic carbocycles. The molecule has 114 valence electrons. The monoisotopic (exact) mass is 291 g/mol. The largest absolute Gasteiger partial charge is 0.370 e. The lowest BCUT2D eigenvalue weighted by Crippen LogP contribution is -2.28. The van der Waals surface area contributed by atoms with Gasteiger partial charge >= 0.3 is 5.69 Å². The fourth-order valence-corrected chi connectivity index (χ4v) is 2.85. The smallest absolute Gasteiger partial charge is 0.311 e. The molecule has 7 nitrogen and oxygen atoms in total. The van der Waals surface area contributed by atoms with E-state index in [9.17, 15) is 10.1 Å². The van der Waals surface area contributed by atoms with E-state index in [4.69, 9.17) is 0 Å². The Morgan fingerprint density at radius 1 is 1.43 bits per heavy atom. The molecule has 1 saturated heterocycles. The van der Waals surface area contributed by atoms with Crippen molar-refractivity contribution in [3.05, 3.63) is 22.2 Å². The van der Waals surface area contributed by atoms with Gasteiger partial charge in [-0.2, -0.15) is 0 Å². The van der Waals surface area contributed by atoms with Crippen LogP contribution in [0.2, 0.25) is 0 Å². The molecular formula is C14H21N5O2. The first-order valence-corrected chi connectivity index (χ1v) is 7.57. The van der Waals surface area contributed by atoms with E-state index in [0.29, 0.717) is 11.6 Å². The Bertz CT molecular complexity index is 532. The number of hydrogen-bond acceptors (Lipinski definition) is 6. The van der Waals surface area contributed by atoms with E-state index in [2.05, 4.69) is 20.5 Å². The molecule has 0 amide bonds. The van der Waals surface area contributed by atoms with Crippen LogP contribution in [0.4, 0.5) is 17.3 Å². The first-order valence-electron chi connectivity index (χ1n) is 7.57. The van der Waals surface area contributed by atoms with Gasteiger partial charge in [-0.3, -0.25) is 15.0 Å². The van der Waals surface area contributed by atoms with Crippen LogP contribution in [0.3, 0.4) is 0 Å². The summed E-state index contributed by atoms with van der Waals surface area (Å²) in [6.07, 6.45) is 3.60. The molecule has 1 atom stereocenters. The van der Waals surface area contributed by atoms with Gasteiger partial charge in [-0.1, -0.05) is 0 Å². The Balaban J connectivity index is 1.72. The molecule has 2 fully saturated rings. The lowest BCUT2D eigenvalue weighted by molar-refractivity contribution is -0.384. The van der Waals surface area contributed by atoms with Crippen molar-refractivity contribution < 1.29 is 4.92 Å². The molecule has 1 aromatic heterocycles. The third kappa shape index (κ3) is 3.24. The quantitative estimate of drug-likeness (QED) is 0.616. The number of likely N-dealkylation sites (tertiary alicyclic amines) is 1. The number of hydrogen-bond donors (Lipinski definition) is 2. The van der Waals surface area contributed by atoms with Crippen molar-refractivity contribution in [2.24, 2.45) is 0 Å². The first-order chi connectivity index (χ1) is 10.2. The van der Waals surface area contributed by atoms with Crippen LogP contribution in [0.5, 0.6) is 0 Å². The van der Waals surface area contributed by atoms with Gasteiger partial charge < -0.3 is 10.6 Å². The molecule has 2 N–H and O–H groups in total. The zero-order valence-corrected chi connectivity index (χ0v) is 12.2. The fraction of sp³-hybridized carbons (Fsp3) is 0.643. The average Bonchev–Trinajstić information content (AvgIpc) is 3.20. The normalized spacial score (nSPS) is 22.2. The Labute approximate surface area is 123 Å². The fourth-order valence-electron chi connectivity index (χ4n) is 2.85. The topological polar surface area (TPSA) is 83.3 Å². The Kier molecular flexibility index (Phi) is 3.92. The van der Waals surface area contributed by atoms with E-state index >= 15 is 0 Å². The lowest BCUT2D eigenvalue weighted by atomic mass is 10.2. The summed E-state index contributed by atoms with van der Waals surface area (Å²) in [6, 6.07) is 4.15. The number of aromatic nitrogens is 1. The summed E-state index contributed by atoms with van der Waals surface area (Å²) in [5, 5.41) is 17.5. The lowest BCUT2D eigenvalue weighted by Gasteiger charge is -2.16. The summed E-state index contributed by atoms with van der Waals surface area (Å²) in [5.74, 6) is 1.05. The molecule has 0 aromatic carbocycles. The van der Waals surface area contributed by atoms with Crippen molar-refractivity contribution in [2.75, 3.05) is 30.3 Å². The van der Waals surface area contributed by atoms with Gasteiger partial charge in [0.25, 0.3) is 0 Å². The number of nitrogens with one attached hydrogen (secondary N) is 2. The molecule has 3 rings (SSSR count). The van der Waals surface area contributed by atoms with E-state index in [0.717, 1.165) is 32.1 Å². The second-order valence-electron chi connectivity index (χ2n) is 5.71. The highest BCUT2D eigenvalue weighted by Crippen LogP contribution is 2.32. The van der Waals surface area contributed by atoms with Gasteiger partial charge in [0.2, 0.25) is 5.82 Å². The molecule has 0 radical (unpaired) electrons. The maximum Gasteiger partial charge on any atom is 0.311 e. The number of anilines is 2. The Hall–Kier alpha value is -1.89. The minimum Gasteiger partial charge on any atom is -0.370 e. The van der Waals surface area contributed by atoms with E-state index in [1.165, 1.54) is 18.9 Å². The van der Waals surface area contributed by atoms with Crippen LogP contribution in [0.15, 0.2) is 12.1 Å². The predicted octanol–water partition coefficient (Wildman–Crippen LogP) is 2.07. The number of rotatable bonds is 6. The Morgan fingerprint density at radius 3 is 2.90 bits per heavy atom. The zero-order chi connectivity index (χ0) is 14.8. The van der Waals surface area contributed by atoms with Crippen LogP contribution < -0.4 is 10.6 Å². The van der Waals surface area contributed by atoms with E-state index < -0.39 is 0 Å². The molecule has 21 heavy (non-hydrogen) atoms. The van der Waals surface area contributed by atoms with Gasteiger partial charge in [0.15, 0.2) is 0 Å². The van der Waals surface area contributed by atoms with E-state index in [-0.39, 0.29) is 16.7 Å². The molecule has 2 aliphatic rings. The molecule has 1 aliphatic heterocycles. The summed E-state index contributed by atoms with van der Waals surface area (Å²) >= 11 is 0. The number of nitro groups is 1. The van der Waals surface area contributed by atoms with Crippen molar-refractivity contribution in [1.29, 1.82) is 0 Å². The highest BCUT2D eigenvalue weighted by atomic mass is 16.6. The highest BCUT2D eigenvalue weighted by Gasteiger charge is 2.35. The van der Waals surface area contributed by atoms with Gasteiger partial charge in [-0.05, 0) is 32.3 Å². The molecule has 2 heterocycles. The van der Waals surface area contributed by atoms with Gasteiger partial charge in [-0.15, -0.1) is 0 Å². The van der Waals surface area contributed by atoms with Gasteiger partial charge in [-0.25, -0.2) is 4.98 Å². The number of nitrogens with zero attached hydrogens (tertiary/aromatic N) is 3. The molecule has 7 heteroatoms. The van der Waals surface area contributed by atoms with Crippen LogP contribution >= 0.6 is 0 Å². The van der Waals surface area contributed by atoms with Crippen LogP contribution in [-0.4, -0.2) is 46.5 Å². The molecule has 0 bridgehead atoms. The minimum absolute atomic E-state index is 0.0431. The third-order valence-electron chi connectivity index (χ3n) is 4.05. The van der Waals surface area contributed by atoms with E-state index in [1.807, 2.05) is 6.92 Å². The SMILES string of the molecule is CCNc1ccc([N+](=O)[O-])c(NC2CCN(C3CC3)C2)n1. The molecular weight excluding hydrogens is 270 g/mol. The van der Waals surface area contributed by atoms with Crippen molar-refractivity contribution in [1.82, 2.24) is 9.88 Å². The summed E-state index contributed by atoms with van der Waals surface area (Å²) in [6.45, 7) is 4.74. The van der Waals surface area contributed by atoms with Crippen LogP contribution in [-0.2, 0) is 0 Å². The first kappa shape index (κ1) is 14.1. The maximum absolute atomic E-state index is 11.1. The number of pyridine rings is 1. The molecule has 0 spiro atoms. The van der Waals surface area contributed by atoms with Crippen LogP contribution in [0.25, 0.3) is 0 Å². The maximum atomic E-state index is 11.1. The molecule has 1 aromatic rings. The summed E-state index contributed by atoms with van der Waals surface area (Å²) < 4.78 is 0. The Morgan fingerprint density at radius 2 is 2.24 bits per heavy atom. The average molecular weight is 291 g/mol. The predicted molar refractivity (Wildman–Crippen MR) is 81.7 cm³/mol.